The number of amides is 1. The van der Waals surface area contributed by atoms with Gasteiger partial charge >= 0.3 is 0 Å². The van der Waals surface area contributed by atoms with E-state index >= 15 is 0 Å². The Labute approximate surface area is 183 Å². The molecule has 3 rings (SSSR count). The van der Waals surface area contributed by atoms with Crippen LogP contribution < -0.4 is 4.74 Å². The monoisotopic (exact) mass is 423 g/mol. The van der Waals surface area contributed by atoms with Gasteiger partial charge in [-0.25, -0.2) is 0 Å². The predicted molar refractivity (Wildman–Crippen MR) is 119 cm³/mol. The van der Waals surface area contributed by atoms with Gasteiger partial charge in [-0.2, -0.15) is 0 Å². The zero-order chi connectivity index (χ0) is 22.5. The van der Waals surface area contributed by atoms with Crippen molar-refractivity contribution >= 4 is 17.4 Å². The molecular weight excluding hydrogens is 394 g/mol. The normalized spacial score (nSPS) is 18.3. The molecular formula is C25H29NO5. The summed E-state index contributed by atoms with van der Waals surface area (Å²) in [4.78, 5) is 27.3. The molecule has 6 nitrogen and oxygen atoms in total. The fourth-order valence-corrected chi connectivity index (χ4v) is 3.60. The predicted octanol–water partition coefficient (Wildman–Crippen LogP) is 4.32. The number of ether oxygens (including phenoxy) is 2. The van der Waals surface area contributed by atoms with Gasteiger partial charge in [0.2, 0.25) is 0 Å². The van der Waals surface area contributed by atoms with Gasteiger partial charge in [0.1, 0.15) is 11.5 Å². The third-order valence-corrected chi connectivity index (χ3v) is 4.94. The van der Waals surface area contributed by atoms with Crippen LogP contribution in [0.15, 0.2) is 60.2 Å². The number of benzene rings is 2. The van der Waals surface area contributed by atoms with Gasteiger partial charge < -0.3 is 19.5 Å². The molecule has 0 aromatic heterocycles. The quantitative estimate of drug-likeness (QED) is 0.389. The summed E-state index contributed by atoms with van der Waals surface area (Å²) in [5.41, 5.74) is 1.29. The Morgan fingerprint density at radius 1 is 0.968 bits per heavy atom. The van der Waals surface area contributed by atoms with E-state index in [1.54, 1.807) is 24.3 Å². The molecule has 0 saturated carbocycles. The van der Waals surface area contributed by atoms with Crippen molar-refractivity contribution in [1.82, 2.24) is 4.90 Å². The molecule has 164 valence electrons. The first-order chi connectivity index (χ1) is 14.8. The average molecular weight is 424 g/mol. The van der Waals surface area contributed by atoms with Gasteiger partial charge in [0, 0.05) is 12.1 Å². The van der Waals surface area contributed by atoms with Crippen LogP contribution in [0.25, 0.3) is 5.76 Å². The number of hydrogen-bond donors (Lipinski definition) is 1. The van der Waals surface area contributed by atoms with E-state index in [1.807, 2.05) is 58.0 Å². The number of ketones is 1. The minimum atomic E-state index is -0.696. The second-order valence-corrected chi connectivity index (χ2v) is 8.01. The standard InChI is InChI=1S/C25H29NO5/c1-16(2)30-15-14-26-22(18-8-6-5-7-9-18)21(24(28)25(26)29)23(27)19-10-12-20(13-11-19)31-17(3)4/h5-13,16-17,22,27H,14-15H2,1-4H3/b23-21-. The number of hydrogen-bond acceptors (Lipinski definition) is 5. The number of carbonyl (C=O) groups is 2. The van der Waals surface area contributed by atoms with Crippen molar-refractivity contribution in [2.24, 2.45) is 0 Å². The smallest absolute Gasteiger partial charge is 0.295 e. The van der Waals surface area contributed by atoms with Gasteiger partial charge in [-0.05, 0) is 57.5 Å². The molecule has 0 bridgehead atoms. The minimum absolute atomic E-state index is 0.0126. The van der Waals surface area contributed by atoms with Gasteiger partial charge in [-0.3, -0.25) is 9.59 Å². The highest BCUT2D eigenvalue weighted by Crippen LogP contribution is 2.39. The zero-order valence-corrected chi connectivity index (χ0v) is 18.4. The molecule has 1 atom stereocenters. The lowest BCUT2D eigenvalue weighted by molar-refractivity contribution is -0.140. The Kier molecular flexibility index (Phi) is 7.13. The van der Waals surface area contributed by atoms with Crippen molar-refractivity contribution in [2.75, 3.05) is 13.2 Å². The first-order valence-electron chi connectivity index (χ1n) is 10.5. The Morgan fingerprint density at radius 2 is 1.61 bits per heavy atom. The SMILES string of the molecule is CC(C)OCCN1C(=O)C(=O)/C(=C(\O)c2ccc(OC(C)C)cc2)C1c1ccccc1. The van der Waals surface area contributed by atoms with Crippen LogP contribution in [0.5, 0.6) is 5.75 Å². The molecule has 31 heavy (non-hydrogen) atoms. The second kappa shape index (κ2) is 9.79. The summed E-state index contributed by atoms with van der Waals surface area (Å²) in [6.45, 7) is 8.23. The van der Waals surface area contributed by atoms with Gasteiger partial charge in [0.25, 0.3) is 11.7 Å². The highest BCUT2D eigenvalue weighted by Gasteiger charge is 2.45. The van der Waals surface area contributed by atoms with Crippen LogP contribution >= 0.6 is 0 Å². The second-order valence-electron chi connectivity index (χ2n) is 8.01. The van der Waals surface area contributed by atoms with Crippen LogP contribution in [0.3, 0.4) is 0 Å². The van der Waals surface area contributed by atoms with E-state index in [1.165, 1.54) is 4.90 Å². The van der Waals surface area contributed by atoms with E-state index in [9.17, 15) is 14.7 Å². The van der Waals surface area contributed by atoms with Gasteiger partial charge in [0.05, 0.1) is 30.4 Å². The Hall–Kier alpha value is -3.12. The fourth-order valence-electron chi connectivity index (χ4n) is 3.60. The number of aliphatic hydroxyl groups excluding tert-OH is 1. The summed E-state index contributed by atoms with van der Waals surface area (Å²) in [6.07, 6.45) is 0.0366. The molecule has 1 amide bonds. The lowest BCUT2D eigenvalue weighted by atomic mass is 9.95. The van der Waals surface area contributed by atoms with Crippen molar-refractivity contribution < 1.29 is 24.2 Å². The molecule has 2 aromatic carbocycles. The van der Waals surface area contributed by atoms with Crippen LogP contribution in [0.2, 0.25) is 0 Å². The van der Waals surface area contributed by atoms with Crippen molar-refractivity contribution in [2.45, 2.75) is 45.9 Å². The Bertz CT molecular complexity index is 948. The molecule has 1 heterocycles. The van der Waals surface area contributed by atoms with Crippen molar-refractivity contribution in [3.05, 3.63) is 71.3 Å². The third kappa shape index (κ3) is 5.14. The van der Waals surface area contributed by atoms with Crippen LogP contribution in [-0.2, 0) is 14.3 Å². The first kappa shape index (κ1) is 22.6. The lowest BCUT2D eigenvalue weighted by Gasteiger charge is -2.25. The van der Waals surface area contributed by atoms with E-state index in [0.29, 0.717) is 17.9 Å². The maximum atomic E-state index is 12.9. The number of likely N-dealkylation sites (tertiary alicyclic amines) is 1. The van der Waals surface area contributed by atoms with E-state index < -0.39 is 17.7 Å². The van der Waals surface area contributed by atoms with Crippen LogP contribution in [0.1, 0.15) is 44.9 Å². The van der Waals surface area contributed by atoms with Gasteiger partial charge in [0.15, 0.2) is 0 Å². The summed E-state index contributed by atoms with van der Waals surface area (Å²) in [7, 11) is 0. The molecule has 2 aromatic rings. The maximum Gasteiger partial charge on any atom is 0.295 e. The highest BCUT2D eigenvalue weighted by atomic mass is 16.5. The van der Waals surface area contributed by atoms with E-state index in [-0.39, 0.29) is 30.1 Å². The number of carbonyl (C=O) groups excluding carboxylic acids is 2. The third-order valence-electron chi connectivity index (χ3n) is 4.94. The van der Waals surface area contributed by atoms with E-state index in [2.05, 4.69) is 0 Å². The Morgan fingerprint density at radius 3 is 2.19 bits per heavy atom. The minimum Gasteiger partial charge on any atom is -0.507 e. The zero-order valence-electron chi connectivity index (χ0n) is 18.4. The molecule has 6 heteroatoms. The van der Waals surface area contributed by atoms with Gasteiger partial charge in [-0.1, -0.05) is 30.3 Å². The largest absolute Gasteiger partial charge is 0.507 e. The number of aliphatic hydroxyl groups is 1. The fraction of sp³-hybridized carbons (Fsp3) is 0.360. The Balaban J connectivity index is 2.01. The summed E-state index contributed by atoms with van der Waals surface area (Å²) in [5.74, 6) is -0.867. The molecule has 1 aliphatic heterocycles. The summed E-state index contributed by atoms with van der Waals surface area (Å²) in [5, 5.41) is 11.1. The molecule has 1 N–H and O–H groups in total. The van der Waals surface area contributed by atoms with Gasteiger partial charge in [-0.15, -0.1) is 0 Å². The van der Waals surface area contributed by atoms with Crippen molar-refractivity contribution in [3.8, 4) is 5.75 Å². The van der Waals surface area contributed by atoms with Crippen LogP contribution in [0.4, 0.5) is 0 Å². The van der Waals surface area contributed by atoms with Crippen LogP contribution in [0, 0.1) is 0 Å². The topological polar surface area (TPSA) is 76.1 Å². The van der Waals surface area contributed by atoms with Crippen molar-refractivity contribution in [1.29, 1.82) is 0 Å². The molecule has 1 aliphatic rings. The summed E-state index contributed by atoms with van der Waals surface area (Å²) >= 11 is 0. The first-order valence-corrected chi connectivity index (χ1v) is 10.5. The summed E-state index contributed by atoms with van der Waals surface area (Å²) < 4.78 is 11.2. The molecule has 1 saturated heterocycles. The summed E-state index contributed by atoms with van der Waals surface area (Å²) in [6, 6.07) is 15.4. The van der Waals surface area contributed by atoms with E-state index in [0.717, 1.165) is 5.56 Å². The molecule has 0 aliphatic carbocycles. The van der Waals surface area contributed by atoms with E-state index in [4.69, 9.17) is 9.47 Å². The maximum absolute atomic E-state index is 12.9. The average Bonchev–Trinajstić information content (AvgIpc) is 2.99. The molecule has 1 unspecified atom stereocenters. The highest BCUT2D eigenvalue weighted by molar-refractivity contribution is 6.46. The number of rotatable bonds is 8. The molecule has 0 radical (unpaired) electrons. The molecule has 1 fully saturated rings. The molecule has 0 spiro atoms. The van der Waals surface area contributed by atoms with Crippen LogP contribution in [-0.4, -0.2) is 47.1 Å². The number of Topliss-reactive ketones (excluding diaryl/α,β-unsaturated/α-hetero) is 1. The number of nitrogens with zero attached hydrogens (tertiary/aromatic N) is 1. The lowest BCUT2D eigenvalue weighted by Crippen LogP contribution is -2.33. The van der Waals surface area contributed by atoms with Crippen molar-refractivity contribution in [3.63, 3.8) is 0 Å².